The first-order valence-electron chi connectivity index (χ1n) is 6.42. The van der Waals surface area contributed by atoms with E-state index in [0.29, 0.717) is 0 Å². The van der Waals surface area contributed by atoms with Crippen LogP contribution in [0.3, 0.4) is 0 Å². The van der Waals surface area contributed by atoms with Gasteiger partial charge in [0.15, 0.2) is 0 Å². The summed E-state index contributed by atoms with van der Waals surface area (Å²) < 4.78 is 4.71. The lowest BCUT2D eigenvalue weighted by atomic mass is 10.1. The SMILES string of the molecule is CCCCc1ccc(N/N=C(\Cl)C(=O)OCC)cc1. The number of carbonyl (C=O) groups is 1. The lowest BCUT2D eigenvalue weighted by Crippen LogP contribution is -2.13. The predicted octanol–water partition coefficient (Wildman–Crippen LogP) is 3.56. The number of hydrazone groups is 1. The van der Waals surface area contributed by atoms with Gasteiger partial charge in [0.05, 0.1) is 12.3 Å². The number of ether oxygens (including phenoxy) is 1. The number of hydrogen-bond donors (Lipinski definition) is 1. The number of nitrogens with zero attached hydrogens (tertiary/aromatic N) is 1. The molecule has 0 amide bonds. The monoisotopic (exact) mass is 282 g/mol. The third kappa shape index (κ3) is 5.75. The van der Waals surface area contributed by atoms with E-state index in [0.717, 1.165) is 12.1 Å². The Balaban J connectivity index is 2.53. The van der Waals surface area contributed by atoms with E-state index in [2.05, 4.69) is 17.5 Å². The number of hydrogen-bond acceptors (Lipinski definition) is 4. The minimum absolute atomic E-state index is 0.211. The molecule has 0 aliphatic carbocycles. The van der Waals surface area contributed by atoms with Crippen LogP contribution in [-0.4, -0.2) is 17.7 Å². The molecule has 0 aliphatic rings. The number of carbonyl (C=O) groups excluding carboxylic acids is 1. The van der Waals surface area contributed by atoms with E-state index in [1.807, 2.05) is 24.3 Å². The quantitative estimate of drug-likeness (QED) is 0.473. The van der Waals surface area contributed by atoms with Crippen molar-refractivity contribution < 1.29 is 9.53 Å². The van der Waals surface area contributed by atoms with Crippen molar-refractivity contribution in [1.29, 1.82) is 0 Å². The molecule has 0 saturated carbocycles. The van der Waals surface area contributed by atoms with Gasteiger partial charge in [-0.05, 0) is 37.5 Å². The van der Waals surface area contributed by atoms with Crippen molar-refractivity contribution in [2.45, 2.75) is 33.1 Å². The van der Waals surface area contributed by atoms with Gasteiger partial charge in [0, 0.05) is 0 Å². The Bertz CT molecular complexity index is 430. The molecule has 0 aliphatic heterocycles. The van der Waals surface area contributed by atoms with E-state index in [1.54, 1.807) is 6.92 Å². The summed E-state index contributed by atoms with van der Waals surface area (Å²) in [5.74, 6) is -0.628. The first kappa shape index (κ1) is 15.5. The third-order valence-corrected chi connectivity index (χ3v) is 2.74. The molecule has 1 aromatic carbocycles. The summed E-state index contributed by atoms with van der Waals surface area (Å²) in [6.07, 6.45) is 3.43. The van der Waals surface area contributed by atoms with E-state index in [1.165, 1.54) is 18.4 Å². The molecule has 0 radical (unpaired) electrons. The molecule has 19 heavy (non-hydrogen) atoms. The van der Waals surface area contributed by atoms with Gasteiger partial charge < -0.3 is 4.74 Å². The molecular formula is C14H19ClN2O2. The number of benzene rings is 1. The molecule has 0 aromatic heterocycles. The Labute approximate surface area is 118 Å². The lowest BCUT2D eigenvalue weighted by Gasteiger charge is -2.04. The molecule has 0 fully saturated rings. The molecule has 0 bridgehead atoms. The maximum atomic E-state index is 11.2. The average Bonchev–Trinajstić information content (AvgIpc) is 2.43. The average molecular weight is 283 g/mol. The summed E-state index contributed by atoms with van der Waals surface area (Å²) in [6.45, 7) is 4.16. The van der Waals surface area contributed by atoms with E-state index < -0.39 is 5.97 Å². The number of rotatable bonds is 7. The second-order valence-electron chi connectivity index (χ2n) is 4.04. The largest absolute Gasteiger partial charge is 0.461 e. The summed E-state index contributed by atoms with van der Waals surface area (Å²) in [4.78, 5) is 11.2. The van der Waals surface area contributed by atoms with Crippen molar-refractivity contribution in [3.05, 3.63) is 29.8 Å². The molecule has 0 saturated heterocycles. The molecule has 0 unspecified atom stereocenters. The molecular weight excluding hydrogens is 264 g/mol. The fourth-order valence-corrected chi connectivity index (χ4v) is 1.57. The van der Waals surface area contributed by atoms with Crippen molar-refractivity contribution in [1.82, 2.24) is 0 Å². The molecule has 1 aromatic rings. The zero-order valence-corrected chi connectivity index (χ0v) is 12.0. The molecule has 0 atom stereocenters. The van der Waals surface area contributed by atoms with Gasteiger partial charge in [-0.1, -0.05) is 37.1 Å². The number of anilines is 1. The topological polar surface area (TPSA) is 50.7 Å². The van der Waals surface area contributed by atoms with Gasteiger partial charge in [-0.2, -0.15) is 5.10 Å². The van der Waals surface area contributed by atoms with Gasteiger partial charge in [-0.15, -0.1) is 0 Å². The summed E-state index contributed by atoms with van der Waals surface area (Å²) in [5.41, 5.74) is 4.79. The summed E-state index contributed by atoms with van der Waals surface area (Å²) in [6, 6.07) is 7.88. The van der Waals surface area contributed by atoms with Gasteiger partial charge in [-0.25, -0.2) is 4.79 Å². The predicted molar refractivity (Wildman–Crippen MR) is 78.6 cm³/mol. The number of nitrogens with one attached hydrogen (secondary N) is 1. The fourth-order valence-electron chi connectivity index (χ4n) is 1.48. The number of halogens is 1. The van der Waals surface area contributed by atoms with E-state index in [4.69, 9.17) is 16.3 Å². The maximum Gasteiger partial charge on any atom is 0.370 e. The van der Waals surface area contributed by atoms with Crippen LogP contribution in [0.25, 0.3) is 0 Å². The van der Waals surface area contributed by atoms with Crippen LogP contribution in [-0.2, 0) is 16.0 Å². The lowest BCUT2D eigenvalue weighted by molar-refractivity contribution is -0.134. The van der Waals surface area contributed by atoms with Crippen LogP contribution in [0.15, 0.2) is 29.4 Å². The van der Waals surface area contributed by atoms with Gasteiger partial charge in [0.25, 0.3) is 0 Å². The number of esters is 1. The summed E-state index contributed by atoms with van der Waals surface area (Å²) in [5, 5.41) is 3.55. The van der Waals surface area contributed by atoms with Crippen LogP contribution in [0.1, 0.15) is 32.3 Å². The van der Waals surface area contributed by atoms with Gasteiger partial charge >= 0.3 is 5.97 Å². The highest BCUT2D eigenvalue weighted by molar-refractivity contribution is 6.82. The Hall–Kier alpha value is -1.55. The van der Waals surface area contributed by atoms with Crippen LogP contribution in [0.4, 0.5) is 5.69 Å². The molecule has 104 valence electrons. The van der Waals surface area contributed by atoms with Gasteiger partial charge in [0.1, 0.15) is 0 Å². The highest BCUT2D eigenvalue weighted by Crippen LogP contribution is 2.12. The van der Waals surface area contributed by atoms with E-state index in [9.17, 15) is 4.79 Å². The first-order valence-corrected chi connectivity index (χ1v) is 6.80. The van der Waals surface area contributed by atoms with Gasteiger partial charge in [-0.3, -0.25) is 5.43 Å². The highest BCUT2D eigenvalue weighted by atomic mass is 35.5. The molecule has 1 N–H and O–H groups in total. The van der Waals surface area contributed by atoms with Crippen LogP contribution in [0.5, 0.6) is 0 Å². The molecule has 1 rings (SSSR count). The van der Waals surface area contributed by atoms with E-state index >= 15 is 0 Å². The van der Waals surface area contributed by atoms with Crippen molar-refractivity contribution in [3.8, 4) is 0 Å². The molecule has 4 nitrogen and oxygen atoms in total. The zero-order valence-electron chi connectivity index (χ0n) is 11.3. The van der Waals surface area contributed by atoms with Crippen molar-refractivity contribution in [3.63, 3.8) is 0 Å². The van der Waals surface area contributed by atoms with Crippen LogP contribution in [0.2, 0.25) is 0 Å². The molecule has 0 heterocycles. The van der Waals surface area contributed by atoms with Gasteiger partial charge in [0.2, 0.25) is 5.17 Å². The standard InChI is InChI=1S/C14H19ClN2O2/c1-3-5-6-11-7-9-12(10-8-11)16-17-13(15)14(18)19-4-2/h7-10,16H,3-6H2,1-2H3/b17-13-. The summed E-state index contributed by atoms with van der Waals surface area (Å²) in [7, 11) is 0. The Kier molecular flexibility index (Phi) is 6.97. The third-order valence-electron chi connectivity index (χ3n) is 2.50. The second kappa shape index (κ2) is 8.53. The smallest absolute Gasteiger partial charge is 0.370 e. The molecule has 0 spiro atoms. The summed E-state index contributed by atoms with van der Waals surface area (Å²) >= 11 is 5.67. The van der Waals surface area contributed by atoms with Crippen LogP contribution < -0.4 is 5.43 Å². The number of aryl methyl sites for hydroxylation is 1. The number of unbranched alkanes of at least 4 members (excludes halogenated alkanes) is 1. The molecule has 5 heteroatoms. The minimum Gasteiger partial charge on any atom is -0.461 e. The highest BCUT2D eigenvalue weighted by Gasteiger charge is 2.08. The van der Waals surface area contributed by atoms with Crippen LogP contribution in [0, 0.1) is 0 Å². The van der Waals surface area contributed by atoms with E-state index in [-0.39, 0.29) is 11.8 Å². The Morgan fingerprint density at radius 3 is 2.58 bits per heavy atom. The maximum absolute atomic E-state index is 11.2. The zero-order chi connectivity index (χ0) is 14.1. The first-order chi connectivity index (χ1) is 9.17. The minimum atomic E-state index is -0.628. The fraction of sp³-hybridized carbons (Fsp3) is 0.429. The normalized spacial score (nSPS) is 11.2. The van der Waals surface area contributed by atoms with Crippen LogP contribution >= 0.6 is 11.6 Å². The second-order valence-corrected chi connectivity index (χ2v) is 4.39. The Morgan fingerprint density at radius 2 is 2.00 bits per heavy atom. The van der Waals surface area contributed by atoms with Crippen molar-refractivity contribution in [2.24, 2.45) is 5.10 Å². The Morgan fingerprint density at radius 1 is 1.32 bits per heavy atom. The van der Waals surface area contributed by atoms with Crippen molar-refractivity contribution >= 4 is 28.4 Å². The van der Waals surface area contributed by atoms with Crippen molar-refractivity contribution in [2.75, 3.05) is 12.0 Å².